The third-order valence-corrected chi connectivity index (χ3v) is 7.93. The lowest BCUT2D eigenvalue weighted by atomic mass is 9.92. The summed E-state index contributed by atoms with van der Waals surface area (Å²) in [4.78, 5) is 0. The Kier molecular flexibility index (Phi) is 10.8. The Labute approximate surface area is 177 Å². The first-order valence-electron chi connectivity index (χ1n) is 12.3. The molecule has 0 radical (unpaired) electrons. The Hall–Kier alpha value is -0.860. The third-order valence-electron chi connectivity index (χ3n) is 7.93. The topological polar surface area (TPSA) is 0 Å². The fourth-order valence-electron chi connectivity index (χ4n) is 5.66. The van der Waals surface area contributed by atoms with E-state index in [9.17, 15) is 0 Å². The van der Waals surface area contributed by atoms with Gasteiger partial charge < -0.3 is 8.97 Å². The Morgan fingerprint density at radius 2 is 0.750 bits per heavy atom. The van der Waals surface area contributed by atoms with Crippen LogP contribution in [0.25, 0.3) is 0 Å². The Bertz CT molecular complexity index is 460. The first-order valence-corrected chi connectivity index (χ1v) is 12.3. The van der Waals surface area contributed by atoms with Crippen molar-refractivity contribution in [3.8, 4) is 0 Å². The van der Waals surface area contributed by atoms with E-state index >= 15 is 0 Å². The molecule has 28 heavy (non-hydrogen) atoms. The second-order valence-electron chi connectivity index (χ2n) is 8.61. The zero-order chi connectivity index (χ0) is 21.2. The molecule has 0 fully saturated rings. The molecule has 0 saturated heterocycles. The predicted octanol–water partition coefficient (Wildman–Crippen LogP) is 7.12. The highest BCUT2D eigenvalue weighted by Gasteiger charge is 2.35. The summed E-state index contributed by atoms with van der Waals surface area (Å²) < 4.78 is 2.43. The molecule has 0 heterocycles. The number of quaternary nitrogens is 2. The van der Waals surface area contributed by atoms with Crippen LogP contribution in [-0.4, -0.2) is 48.2 Å². The molecule has 2 unspecified atom stereocenters. The van der Waals surface area contributed by atoms with Crippen molar-refractivity contribution in [2.75, 3.05) is 39.3 Å². The number of hydrogen-bond acceptors (Lipinski definition) is 0. The SMILES string of the molecule is CCCC(c1ccc(C(CCC)[N+](CC)(CC)CC)cc1)[N+](CC)(CC)CC. The molecule has 162 valence electrons. The van der Waals surface area contributed by atoms with E-state index in [1.165, 1.54) is 73.9 Å². The van der Waals surface area contributed by atoms with E-state index < -0.39 is 0 Å². The van der Waals surface area contributed by atoms with E-state index in [0.717, 1.165) is 0 Å². The smallest absolute Gasteiger partial charge is 0.115 e. The Morgan fingerprint density at radius 3 is 0.929 bits per heavy atom. The lowest BCUT2D eigenvalue weighted by molar-refractivity contribution is -0.953. The van der Waals surface area contributed by atoms with E-state index in [4.69, 9.17) is 0 Å². The molecule has 0 spiro atoms. The van der Waals surface area contributed by atoms with E-state index in [2.05, 4.69) is 79.7 Å². The molecule has 0 saturated carbocycles. The van der Waals surface area contributed by atoms with Crippen molar-refractivity contribution in [1.82, 2.24) is 0 Å². The minimum Gasteiger partial charge on any atom is -0.318 e. The summed E-state index contributed by atoms with van der Waals surface area (Å²) in [6, 6.07) is 11.2. The van der Waals surface area contributed by atoms with Crippen LogP contribution in [0.3, 0.4) is 0 Å². The Balaban J connectivity index is 3.31. The Morgan fingerprint density at radius 1 is 0.500 bits per heavy atom. The zero-order valence-electron chi connectivity index (χ0n) is 20.4. The van der Waals surface area contributed by atoms with Gasteiger partial charge in [-0.3, -0.25) is 0 Å². The van der Waals surface area contributed by atoms with Gasteiger partial charge in [0.25, 0.3) is 0 Å². The van der Waals surface area contributed by atoms with Crippen molar-refractivity contribution in [3.05, 3.63) is 35.4 Å². The van der Waals surface area contributed by atoms with Crippen LogP contribution in [-0.2, 0) is 0 Å². The molecule has 1 aromatic rings. The highest BCUT2D eigenvalue weighted by atomic mass is 15.4. The highest BCUT2D eigenvalue weighted by Crippen LogP contribution is 2.36. The lowest BCUT2D eigenvalue weighted by Gasteiger charge is -2.44. The van der Waals surface area contributed by atoms with Crippen LogP contribution in [0.1, 0.15) is 104 Å². The van der Waals surface area contributed by atoms with Gasteiger partial charge in [-0.05, 0) is 41.5 Å². The molecule has 0 aromatic heterocycles. The molecule has 0 amide bonds. The molecule has 0 aliphatic rings. The quantitative estimate of drug-likeness (QED) is 0.297. The van der Waals surface area contributed by atoms with Crippen LogP contribution in [0.2, 0.25) is 0 Å². The average Bonchev–Trinajstić information content (AvgIpc) is 2.75. The molecule has 1 rings (SSSR count). The number of benzene rings is 1. The van der Waals surface area contributed by atoms with Crippen LogP contribution < -0.4 is 0 Å². The van der Waals surface area contributed by atoms with Crippen LogP contribution in [0.4, 0.5) is 0 Å². The molecule has 0 bridgehead atoms. The lowest BCUT2D eigenvalue weighted by Crippen LogP contribution is -2.50. The third kappa shape index (κ3) is 5.19. The maximum Gasteiger partial charge on any atom is 0.115 e. The standard InChI is InChI=1S/C26H50N2/c1-9-17-25(27(11-3,12-4)13-5)23-19-21-24(22-20-23)26(18-10-2)28(14-6,15-7)16-8/h19-22,25-26H,9-18H2,1-8H3/q+2. The van der Waals surface area contributed by atoms with Gasteiger partial charge in [0.05, 0.1) is 39.3 Å². The van der Waals surface area contributed by atoms with Gasteiger partial charge in [-0.2, -0.15) is 0 Å². The second kappa shape index (κ2) is 12.0. The molecule has 0 aliphatic carbocycles. The number of hydrogen-bond donors (Lipinski definition) is 0. The first-order chi connectivity index (χ1) is 13.5. The van der Waals surface area contributed by atoms with Crippen LogP contribution >= 0.6 is 0 Å². The fraction of sp³-hybridized carbons (Fsp3) is 0.769. The molecule has 0 N–H and O–H groups in total. The summed E-state index contributed by atoms with van der Waals surface area (Å²) in [6.07, 6.45) is 5.08. The summed E-state index contributed by atoms with van der Waals surface area (Å²) in [6.45, 7) is 26.2. The van der Waals surface area contributed by atoms with Gasteiger partial charge in [0, 0.05) is 24.0 Å². The summed E-state index contributed by atoms with van der Waals surface area (Å²) in [5.41, 5.74) is 3.10. The fourth-order valence-corrected chi connectivity index (χ4v) is 5.66. The average molecular weight is 391 g/mol. The predicted molar refractivity (Wildman–Crippen MR) is 126 cm³/mol. The van der Waals surface area contributed by atoms with Crippen molar-refractivity contribution in [1.29, 1.82) is 0 Å². The minimum absolute atomic E-state index is 0.631. The van der Waals surface area contributed by atoms with Gasteiger partial charge in [0.1, 0.15) is 12.1 Å². The zero-order valence-corrected chi connectivity index (χ0v) is 20.4. The molecule has 1 aromatic carbocycles. The van der Waals surface area contributed by atoms with E-state index in [1.807, 2.05) is 0 Å². The minimum atomic E-state index is 0.631. The van der Waals surface area contributed by atoms with Crippen molar-refractivity contribution in [2.24, 2.45) is 0 Å². The molecule has 0 aliphatic heterocycles. The van der Waals surface area contributed by atoms with Gasteiger partial charge in [-0.25, -0.2) is 0 Å². The van der Waals surface area contributed by atoms with Gasteiger partial charge in [0.2, 0.25) is 0 Å². The highest BCUT2D eigenvalue weighted by molar-refractivity contribution is 5.26. The van der Waals surface area contributed by atoms with Crippen molar-refractivity contribution < 1.29 is 8.97 Å². The van der Waals surface area contributed by atoms with E-state index in [0.29, 0.717) is 12.1 Å². The van der Waals surface area contributed by atoms with Crippen LogP contribution in [0, 0.1) is 0 Å². The molecule has 2 heteroatoms. The second-order valence-corrected chi connectivity index (χ2v) is 8.61. The first kappa shape index (κ1) is 25.2. The summed E-state index contributed by atoms with van der Waals surface area (Å²) >= 11 is 0. The molecular weight excluding hydrogens is 340 g/mol. The van der Waals surface area contributed by atoms with E-state index in [-0.39, 0.29) is 0 Å². The van der Waals surface area contributed by atoms with Gasteiger partial charge in [-0.15, -0.1) is 0 Å². The maximum atomic E-state index is 2.47. The van der Waals surface area contributed by atoms with Crippen molar-refractivity contribution >= 4 is 0 Å². The van der Waals surface area contributed by atoms with Gasteiger partial charge >= 0.3 is 0 Å². The summed E-state index contributed by atoms with van der Waals surface area (Å²) in [5, 5.41) is 0. The largest absolute Gasteiger partial charge is 0.318 e. The summed E-state index contributed by atoms with van der Waals surface area (Å²) in [5.74, 6) is 0. The normalized spacial score (nSPS) is 14.9. The monoisotopic (exact) mass is 390 g/mol. The molecule has 2 nitrogen and oxygen atoms in total. The number of rotatable bonds is 14. The van der Waals surface area contributed by atoms with Crippen LogP contribution in [0.15, 0.2) is 24.3 Å². The summed E-state index contributed by atoms with van der Waals surface area (Å²) in [7, 11) is 0. The van der Waals surface area contributed by atoms with Gasteiger partial charge in [-0.1, -0.05) is 51.0 Å². The van der Waals surface area contributed by atoms with Crippen LogP contribution in [0.5, 0.6) is 0 Å². The maximum absolute atomic E-state index is 2.47. The van der Waals surface area contributed by atoms with E-state index in [1.54, 1.807) is 11.1 Å². The molecular formula is C26H50N2+2. The van der Waals surface area contributed by atoms with Crippen molar-refractivity contribution in [2.45, 2.75) is 93.2 Å². The molecule has 2 atom stereocenters. The van der Waals surface area contributed by atoms with Gasteiger partial charge in [0.15, 0.2) is 0 Å². The number of nitrogens with zero attached hydrogens (tertiary/aromatic N) is 2. The van der Waals surface area contributed by atoms with Crippen molar-refractivity contribution in [3.63, 3.8) is 0 Å².